The van der Waals surface area contributed by atoms with Crippen molar-refractivity contribution in [1.29, 1.82) is 0 Å². The molecule has 0 radical (unpaired) electrons. The van der Waals surface area contributed by atoms with Gasteiger partial charge in [-0.25, -0.2) is 0 Å². The normalized spacial score (nSPS) is 12.1. The highest BCUT2D eigenvalue weighted by molar-refractivity contribution is 6.06. The lowest BCUT2D eigenvalue weighted by atomic mass is 10.1. The van der Waals surface area contributed by atoms with E-state index >= 15 is 0 Å². The van der Waals surface area contributed by atoms with Crippen LogP contribution in [0.15, 0.2) is 42.5 Å². The Morgan fingerprint density at radius 3 is 2.50 bits per heavy atom. The first-order valence-electron chi connectivity index (χ1n) is 7.01. The molecule has 0 saturated heterocycles. The molecule has 1 aliphatic heterocycles. The molecular formula is C17H18N2O3. The van der Waals surface area contributed by atoms with Gasteiger partial charge >= 0.3 is 0 Å². The molecule has 5 heteroatoms. The fraction of sp³-hybridized carbons (Fsp3) is 0.235. The van der Waals surface area contributed by atoms with E-state index in [2.05, 4.69) is 0 Å². The van der Waals surface area contributed by atoms with Crippen LogP contribution >= 0.6 is 0 Å². The number of carbonyl (C=O) groups is 1. The predicted molar refractivity (Wildman–Crippen MR) is 86.1 cm³/mol. The van der Waals surface area contributed by atoms with Crippen molar-refractivity contribution in [2.45, 2.75) is 0 Å². The second-order valence-corrected chi connectivity index (χ2v) is 5.35. The second kappa shape index (κ2) is 5.60. The van der Waals surface area contributed by atoms with Gasteiger partial charge in [0.25, 0.3) is 5.91 Å². The molecule has 22 heavy (non-hydrogen) atoms. The number of anilines is 2. The summed E-state index contributed by atoms with van der Waals surface area (Å²) in [5, 5.41) is 0. The molecule has 1 heterocycles. The van der Waals surface area contributed by atoms with Gasteiger partial charge in [0.1, 0.15) is 0 Å². The lowest BCUT2D eigenvalue weighted by Crippen LogP contribution is -2.26. The molecule has 5 nitrogen and oxygen atoms in total. The number of carbonyl (C=O) groups excluding carboxylic acids is 1. The summed E-state index contributed by atoms with van der Waals surface area (Å²) in [6.45, 7) is 0.224. The summed E-state index contributed by atoms with van der Waals surface area (Å²) in [6, 6.07) is 13.0. The van der Waals surface area contributed by atoms with Crippen LogP contribution < -0.4 is 19.3 Å². The van der Waals surface area contributed by atoms with Crippen molar-refractivity contribution in [3.05, 3.63) is 48.0 Å². The average Bonchev–Trinajstić information content (AvgIpc) is 3.01. The van der Waals surface area contributed by atoms with E-state index < -0.39 is 0 Å². The van der Waals surface area contributed by atoms with E-state index in [0.717, 1.165) is 11.4 Å². The zero-order valence-electron chi connectivity index (χ0n) is 12.9. The Kier molecular flexibility index (Phi) is 3.63. The van der Waals surface area contributed by atoms with Crippen molar-refractivity contribution in [2.24, 2.45) is 0 Å². The van der Waals surface area contributed by atoms with Crippen molar-refractivity contribution < 1.29 is 14.3 Å². The average molecular weight is 298 g/mol. The highest BCUT2D eigenvalue weighted by Crippen LogP contribution is 2.35. The lowest BCUT2D eigenvalue weighted by Gasteiger charge is -2.19. The Labute approximate surface area is 129 Å². The fourth-order valence-electron chi connectivity index (χ4n) is 2.32. The number of ether oxygens (including phenoxy) is 2. The Balaban J connectivity index is 1.87. The number of nitrogens with zero attached hydrogens (tertiary/aromatic N) is 2. The minimum atomic E-state index is -0.0671. The molecule has 2 aromatic carbocycles. The van der Waals surface area contributed by atoms with Crippen LogP contribution in [-0.4, -0.2) is 33.8 Å². The molecule has 0 atom stereocenters. The summed E-state index contributed by atoms with van der Waals surface area (Å²) in [7, 11) is 5.65. The van der Waals surface area contributed by atoms with Crippen LogP contribution in [0, 0.1) is 0 Å². The van der Waals surface area contributed by atoms with Crippen LogP contribution in [0.2, 0.25) is 0 Å². The molecule has 0 N–H and O–H groups in total. The van der Waals surface area contributed by atoms with Gasteiger partial charge in [-0.15, -0.1) is 0 Å². The Bertz CT molecular complexity index is 713. The Hall–Kier alpha value is -2.69. The van der Waals surface area contributed by atoms with Gasteiger partial charge < -0.3 is 19.3 Å². The van der Waals surface area contributed by atoms with E-state index in [9.17, 15) is 4.79 Å². The summed E-state index contributed by atoms with van der Waals surface area (Å²) in [6.07, 6.45) is 0. The maximum atomic E-state index is 12.7. The van der Waals surface area contributed by atoms with Gasteiger partial charge in [0.2, 0.25) is 6.79 Å². The van der Waals surface area contributed by atoms with Crippen molar-refractivity contribution in [1.82, 2.24) is 0 Å². The molecule has 0 aliphatic carbocycles. The molecule has 1 aliphatic rings. The number of fused-ring (bicyclic) bond motifs is 1. The third-order valence-electron chi connectivity index (χ3n) is 3.66. The predicted octanol–water partition coefficient (Wildman–Crippen LogP) is 2.76. The van der Waals surface area contributed by atoms with Crippen LogP contribution in [0.5, 0.6) is 11.5 Å². The van der Waals surface area contributed by atoms with Crippen molar-refractivity contribution in [3.63, 3.8) is 0 Å². The van der Waals surface area contributed by atoms with E-state index in [1.165, 1.54) is 0 Å². The van der Waals surface area contributed by atoms with Crippen LogP contribution in [0.1, 0.15) is 10.4 Å². The maximum Gasteiger partial charge on any atom is 0.258 e. The number of benzene rings is 2. The molecule has 3 rings (SSSR count). The highest BCUT2D eigenvalue weighted by atomic mass is 16.7. The molecule has 0 spiro atoms. The molecule has 0 bridgehead atoms. The molecule has 0 saturated carbocycles. The van der Waals surface area contributed by atoms with E-state index in [-0.39, 0.29) is 12.7 Å². The number of amides is 1. The molecule has 0 fully saturated rings. The first kappa shape index (κ1) is 14.3. The van der Waals surface area contributed by atoms with Crippen LogP contribution in [0.25, 0.3) is 0 Å². The SMILES string of the molecule is CN(C)c1cccc(C(=O)N(C)c2ccc3c(c2)OCO3)c1. The first-order valence-corrected chi connectivity index (χ1v) is 7.01. The quantitative estimate of drug-likeness (QED) is 0.874. The highest BCUT2D eigenvalue weighted by Gasteiger charge is 2.18. The number of rotatable bonds is 3. The fourth-order valence-corrected chi connectivity index (χ4v) is 2.32. The minimum Gasteiger partial charge on any atom is -0.454 e. The van der Waals surface area contributed by atoms with E-state index in [1.54, 1.807) is 11.9 Å². The minimum absolute atomic E-state index is 0.0671. The lowest BCUT2D eigenvalue weighted by molar-refractivity contribution is 0.0993. The molecule has 0 unspecified atom stereocenters. The summed E-state index contributed by atoms with van der Waals surface area (Å²) in [4.78, 5) is 16.2. The molecule has 114 valence electrons. The van der Waals surface area contributed by atoms with Crippen molar-refractivity contribution in [2.75, 3.05) is 37.7 Å². The summed E-state index contributed by atoms with van der Waals surface area (Å²) >= 11 is 0. The number of hydrogen-bond donors (Lipinski definition) is 0. The second-order valence-electron chi connectivity index (χ2n) is 5.35. The smallest absolute Gasteiger partial charge is 0.258 e. The van der Waals surface area contributed by atoms with Gasteiger partial charge in [0.15, 0.2) is 11.5 Å². The largest absolute Gasteiger partial charge is 0.454 e. The monoisotopic (exact) mass is 298 g/mol. The Morgan fingerprint density at radius 2 is 1.73 bits per heavy atom. The van der Waals surface area contributed by atoms with E-state index in [4.69, 9.17) is 9.47 Å². The maximum absolute atomic E-state index is 12.7. The van der Waals surface area contributed by atoms with Gasteiger partial charge in [-0.2, -0.15) is 0 Å². The van der Waals surface area contributed by atoms with Gasteiger partial charge in [-0.1, -0.05) is 6.07 Å². The molecular weight excluding hydrogens is 280 g/mol. The van der Waals surface area contributed by atoms with Crippen LogP contribution in [-0.2, 0) is 0 Å². The number of hydrogen-bond acceptors (Lipinski definition) is 4. The topological polar surface area (TPSA) is 42.0 Å². The van der Waals surface area contributed by atoms with E-state index in [1.807, 2.05) is 61.5 Å². The third kappa shape index (κ3) is 2.57. The summed E-state index contributed by atoms with van der Waals surface area (Å²) < 4.78 is 10.6. The zero-order valence-corrected chi connectivity index (χ0v) is 12.9. The standard InChI is InChI=1S/C17H18N2O3/c1-18(2)13-6-4-5-12(9-13)17(20)19(3)14-7-8-15-16(10-14)22-11-21-15/h4-10H,11H2,1-3H3. The van der Waals surface area contributed by atoms with Crippen LogP contribution in [0.3, 0.4) is 0 Å². The molecule has 2 aromatic rings. The van der Waals surface area contributed by atoms with E-state index in [0.29, 0.717) is 17.1 Å². The van der Waals surface area contributed by atoms with Crippen LogP contribution in [0.4, 0.5) is 11.4 Å². The van der Waals surface area contributed by atoms with Gasteiger partial charge in [0.05, 0.1) is 0 Å². The summed E-state index contributed by atoms with van der Waals surface area (Å²) in [5.74, 6) is 1.31. The zero-order chi connectivity index (χ0) is 15.7. The van der Waals surface area contributed by atoms with Gasteiger partial charge in [-0.05, 0) is 30.3 Å². The summed E-state index contributed by atoms with van der Waals surface area (Å²) in [5.41, 5.74) is 2.40. The molecule has 1 amide bonds. The van der Waals surface area contributed by atoms with Crippen molar-refractivity contribution in [3.8, 4) is 11.5 Å². The first-order chi connectivity index (χ1) is 10.6. The third-order valence-corrected chi connectivity index (χ3v) is 3.66. The molecule has 0 aromatic heterocycles. The Morgan fingerprint density at radius 1 is 0.955 bits per heavy atom. The van der Waals surface area contributed by atoms with Gasteiger partial charge in [-0.3, -0.25) is 4.79 Å². The van der Waals surface area contributed by atoms with Gasteiger partial charge in [0, 0.05) is 44.1 Å². The van der Waals surface area contributed by atoms with Crippen molar-refractivity contribution >= 4 is 17.3 Å².